The molecule has 0 radical (unpaired) electrons. The van der Waals surface area contributed by atoms with Crippen molar-refractivity contribution in [1.29, 1.82) is 0 Å². The Balaban J connectivity index is 3.57. The van der Waals surface area contributed by atoms with Crippen molar-refractivity contribution in [2.24, 2.45) is 0 Å². The van der Waals surface area contributed by atoms with E-state index in [4.69, 9.17) is 5.11 Å². The highest BCUT2D eigenvalue weighted by molar-refractivity contribution is 7.31. The largest absolute Gasteiger partial charge is 0.378 e. The maximum absolute atomic E-state index is 9.72. The lowest BCUT2D eigenvalue weighted by Gasteiger charge is -1.88. The summed E-state index contributed by atoms with van der Waals surface area (Å²) in [5, 5.41) is 8.34. The monoisotopic (exact) mass is 122 g/mol. The molecular formula is C3H7O3P. The van der Waals surface area contributed by atoms with Gasteiger partial charge in [0.2, 0.25) is 0 Å². The van der Waals surface area contributed by atoms with Crippen LogP contribution in [-0.2, 0) is 9.13 Å². The van der Waals surface area contributed by atoms with Gasteiger partial charge in [-0.3, -0.25) is 0 Å². The molecule has 42 valence electrons. The Morgan fingerprint density at radius 3 is 2.14 bits per heavy atom. The molecule has 4 heteroatoms. The summed E-state index contributed by atoms with van der Waals surface area (Å²) >= 11 is 0. The molecule has 0 bridgehead atoms. The summed E-state index contributed by atoms with van der Waals surface area (Å²) in [5.41, 5.74) is 0. The first-order valence-corrected chi connectivity index (χ1v) is 3.24. The lowest BCUT2D eigenvalue weighted by Crippen LogP contribution is -1.91. The minimum absolute atomic E-state index is 0.276. The molecule has 0 aliphatic heterocycles. The number of aliphatic hydroxyl groups excluding tert-OH is 1. The molecular weight excluding hydrogens is 115 g/mol. The van der Waals surface area contributed by atoms with Crippen LogP contribution in [0.5, 0.6) is 0 Å². The van der Waals surface area contributed by atoms with Crippen LogP contribution in [0.2, 0.25) is 0 Å². The third kappa shape index (κ3) is 2.54. The molecule has 1 N–H and O–H groups in total. The topological polar surface area (TPSA) is 54.4 Å². The third-order valence-corrected chi connectivity index (χ3v) is 1.46. The zero-order valence-electron chi connectivity index (χ0n) is 4.00. The van der Waals surface area contributed by atoms with Crippen LogP contribution in [0.1, 0.15) is 13.3 Å². The molecule has 0 amide bonds. The maximum atomic E-state index is 9.72. The van der Waals surface area contributed by atoms with Crippen molar-refractivity contribution in [3.05, 3.63) is 0 Å². The van der Waals surface area contributed by atoms with E-state index in [-0.39, 0.29) is 6.42 Å². The fraction of sp³-hybridized carbons (Fsp3) is 1.00. The van der Waals surface area contributed by atoms with Gasteiger partial charge in [0.05, 0.1) is 0 Å². The molecule has 0 fully saturated rings. The quantitative estimate of drug-likeness (QED) is 0.553. The van der Waals surface area contributed by atoms with Crippen LogP contribution in [-0.4, -0.2) is 11.0 Å². The number of hydrogen-bond acceptors (Lipinski definition) is 3. The predicted molar refractivity (Wildman–Crippen MR) is 24.6 cm³/mol. The standard InChI is InChI=1S/C3H7O3P/c1-2-3(4)7(5)6/h3-4H,2H2,1H3. The van der Waals surface area contributed by atoms with Gasteiger partial charge in [0, 0.05) is 0 Å². The molecule has 7 heavy (non-hydrogen) atoms. The lowest BCUT2D eigenvalue weighted by atomic mass is 10.5. The molecule has 0 aromatic carbocycles. The van der Waals surface area contributed by atoms with Gasteiger partial charge >= 0.3 is 7.68 Å². The summed E-state index contributed by atoms with van der Waals surface area (Å²) in [6.07, 6.45) is 0.276. The Hall–Kier alpha value is -0.140. The van der Waals surface area contributed by atoms with E-state index in [2.05, 4.69) is 0 Å². The first-order valence-electron chi connectivity index (χ1n) is 2.00. The molecule has 0 heterocycles. The van der Waals surface area contributed by atoms with E-state index in [0.29, 0.717) is 0 Å². The summed E-state index contributed by atoms with van der Waals surface area (Å²) < 4.78 is 19.4. The molecule has 3 nitrogen and oxygen atoms in total. The van der Waals surface area contributed by atoms with E-state index in [9.17, 15) is 9.13 Å². The summed E-state index contributed by atoms with van der Waals surface area (Å²) in [7, 11) is -2.61. The second-order valence-electron chi connectivity index (χ2n) is 1.17. The Bertz CT molecular complexity index is 98.7. The molecule has 1 atom stereocenters. The van der Waals surface area contributed by atoms with Crippen molar-refractivity contribution in [1.82, 2.24) is 0 Å². The second kappa shape index (κ2) is 2.94. The Morgan fingerprint density at radius 1 is 1.71 bits per heavy atom. The molecule has 0 spiro atoms. The zero-order valence-corrected chi connectivity index (χ0v) is 4.89. The average Bonchev–Trinajstić information content (AvgIpc) is 1.65. The Morgan fingerprint density at radius 2 is 2.14 bits per heavy atom. The molecule has 0 saturated carbocycles. The van der Waals surface area contributed by atoms with E-state index in [0.717, 1.165) is 0 Å². The average molecular weight is 122 g/mol. The van der Waals surface area contributed by atoms with Crippen molar-refractivity contribution in [3.63, 3.8) is 0 Å². The van der Waals surface area contributed by atoms with E-state index >= 15 is 0 Å². The predicted octanol–water partition coefficient (Wildman–Crippen LogP) is 0.888. The van der Waals surface area contributed by atoms with Gasteiger partial charge < -0.3 is 5.11 Å². The zero-order chi connectivity index (χ0) is 5.86. The molecule has 0 aromatic heterocycles. The Labute approximate surface area is 42.2 Å². The maximum Gasteiger partial charge on any atom is 0.344 e. The SMILES string of the molecule is CCC(O)P(=O)=O. The van der Waals surface area contributed by atoms with Crippen molar-refractivity contribution in [2.75, 3.05) is 0 Å². The van der Waals surface area contributed by atoms with E-state index in [1.54, 1.807) is 6.92 Å². The van der Waals surface area contributed by atoms with Crippen LogP contribution in [0.3, 0.4) is 0 Å². The smallest absolute Gasteiger partial charge is 0.344 e. The van der Waals surface area contributed by atoms with Crippen molar-refractivity contribution in [2.45, 2.75) is 19.2 Å². The van der Waals surface area contributed by atoms with Crippen LogP contribution in [0, 0.1) is 0 Å². The van der Waals surface area contributed by atoms with E-state index in [1.165, 1.54) is 0 Å². The van der Waals surface area contributed by atoms with Gasteiger partial charge in [-0.05, 0) is 6.42 Å². The van der Waals surface area contributed by atoms with Crippen LogP contribution in [0.15, 0.2) is 0 Å². The molecule has 0 saturated heterocycles. The van der Waals surface area contributed by atoms with Gasteiger partial charge in [-0.25, -0.2) is 9.13 Å². The minimum Gasteiger partial charge on any atom is -0.378 e. The second-order valence-corrected chi connectivity index (χ2v) is 2.34. The van der Waals surface area contributed by atoms with Gasteiger partial charge in [-0.1, -0.05) is 6.92 Å². The number of hydrogen-bond donors (Lipinski definition) is 1. The van der Waals surface area contributed by atoms with Gasteiger partial charge in [0.15, 0.2) is 5.85 Å². The van der Waals surface area contributed by atoms with Gasteiger partial charge in [0.1, 0.15) is 0 Å². The van der Waals surface area contributed by atoms with Crippen LogP contribution < -0.4 is 0 Å². The minimum atomic E-state index is -2.61. The van der Waals surface area contributed by atoms with Gasteiger partial charge in [-0.15, -0.1) is 0 Å². The fourth-order valence-electron chi connectivity index (χ4n) is 0.149. The fourth-order valence-corrected chi connectivity index (χ4v) is 0.447. The lowest BCUT2D eigenvalue weighted by molar-refractivity contribution is 0.241. The molecule has 1 unspecified atom stereocenters. The van der Waals surface area contributed by atoms with Crippen LogP contribution in [0.4, 0.5) is 0 Å². The normalized spacial score (nSPS) is 13.4. The molecule has 0 aromatic rings. The number of rotatable bonds is 2. The van der Waals surface area contributed by atoms with Crippen LogP contribution in [0.25, 0.3) is 0 Å². The highest BCUT2D eigenvalue weighted by atomic mass is 31.1. The van der Waals surface area contributed by atoms with E-state index < -0.39 is 13.5 Å². The van der Waals surface area contributed by atoms with Crippen molar-refractivity contribution in [3.8, 4) is 0 Å². The third-order valence-electron chi connectivity index (χ3n) is 0.609. The van der Waals surface area contributed by atoms with Gasteiger partial charge in [0.25, 0.3) is 0 Å². The number of aliphatic hydroxyl groups is 1. The Kier molecular flexibility index (Phi) is 2.88. The first-order chi connectivity index (χ1) is 3.18. The first kappa shape index (κ1) is 6.86. The summed E-state index contributed by atoms with van der Waals surface area (Å²) in [4.78, 5) is 0. The van der Waals surface area contributed by atoms with E-state index in [1.807, 2.05) is 0 Å². The summed E-state index contributed by atoms with van der Waals surface area (Å²) in [5.74, 6) is -1.14. The van der Waals surface area contributed by atoms with Crippen LogP contribution >= 0.6 is 7.68 Å². The summed E-state index contributed by atoms with van der Waals surface area (Å²) in [6, 6.07) is 0. The molecule has 0 aliphatic rings. The molecule has 0 rings (SSSR count). The van der Waals surface area contributed by atoms with Gasteiger partial charge in [-0.2, -0.15) is 0 Å². The van der Waals surface area contributed by atoms with Crippen molar-refractivity contribution >= 4 is 7.68 Å². The summed E-state index contributed by atoms with van der Waals surface area (Å²) in [6.45, 7) is 1.61. The highest BCUT2D eigenvalue weighted by Crippen LogP contribution is 2.12. The highest BCUT2D eigenvalue weighted by Gasteiger charge is 2.03. The molecule has 0 aliphatic carbocycles. The van der Waals surface area contributed by atoms with Crippen molar-refractivity contribution < 1.29 is 14.2 Å².